The van der Waals surface area contributed by atoms with Gasteiger partial charge in [-0.25, -0.2) is 9.18 Å². The number of aliphatic hydroxyl groups excluding tert-OH is 1. The standard InChI is InChI=1S/C21H21BrFNO3/c1-2-14-3-5-18-15(11-21(26)27-20(18)9-14)12-24(7-8-25)13-16-10-17(22)4-6-19(16)23/h3-6,9-11,25H,2,7-8,12-13H2,1H3. The first-order valence-electron chi connectivity index (χ1n) is 8.83. The SMILES string of the molecule is CCc1ccc2c(CN(CCO)Cc3cc(Br)ccc3F)cc(=O)oc2c1. The van der Waals surface area contributed by atoms with Gasteiger partial charge in [0, 0.05) is 41.1 Å². The molecule has 0 aliphatic heterocycles. The number of benzene rings is 2. The lowest BCUT2D eigenvalue weighted by molar-refractivity contribution is 0.183. The fourth-order valence-electron chi connectivity index (χ4n) is 3.13. The first-order valence-corrected chi connectivity index (χ1v) is 9.62. The number of nitrogens with zero attached hydrogens (tertiary/aromatic N) is 1. The molecule has 1 aromatic heterocycles. The lowest BCUT2D eigenvalue weighted by Crippen LogP contribution is -2.27. The molecule has 142 valence electrons. The molecule has 0 saturated carbocycles. The minimum atomic E-state index is -0.414. The molecule has 1 N–H and O–H groups in total. The molecule has 0 unspecified atom stereocenters. The zero-order valence-corrected chi connectivity index (χ0v) is 16.6. The first-order chi connectivity index (χ1) is 13.0. The largest absolute Gasteiger partial charge is 0.423 e. The molecular formula is C21H21BrFNO3. The highest BCUT2D eigenvalue weighted by atomic mass is 79.9. The van der Waals surface area contributed by atoms with E-state index in [-0.39, 0.29) is 12.4 Å². The zero-order valence-electron chi connectivity index (χ0n) is 15.0. The average Bonchev–Trinajstić information content (AvgIpc) is 2.64. The van der Waals surface area contributed by atoms with Crippen LogP contribution in [0.15, 0.2) is 56.1 Å². The van der Waals surface area contributed by atoms with Gasteiger partial charge in [-0.15, -0.1) is 0 Å². The lowest BCUT2D eigenvalue weighted by Gasteiger charge is -2.22. The summed E-state index contributed by atoms with van der Waals surface area (Å²) in [5.74, 6) is -0.300. The van der Waals surface area contributed by atoms with Crippen molar-refractivity contribution in [3.05, 3.63) is 79.9 Å². The number of aryl methyl sites for hydroxylation is 1. The fourth-order valence-corrected chi connectivity index (χ4v) is 3.54. The quantitative estimate of drug-likeness (QED) is 0.565. The molecule has 3 aromatic rings. The molecule has 6 heteroatoms. The minimum Gasteiger partial charge on any atom is -0.423 e. The van der Waals surface area contributed by atoms with Gasteiger partial charge in [-0.3, -0.25) is 4.90 Å². The number of aliphatic hydroxyl groups is 1. The lowest BCUT2D eigenvalue weighted by atomic mass is 10.1. The van der Waals surface area contributed by atoms with Gasteiger partial charge in [0.1, 0.15) is 11.4 Å². The van der Waals surface area contributed by atoms with E-state index < -0.39 is 5.63 Å². The van der Waals surface area contributed by atoms with Crippen LogP contribution in [0, 0.1) is 5.82 Å². The number of fused-ring (bicyclic) bond motifs is 1. The summed E-state index contributed by atoms with van der Waals surface area (Å²) in [6.45, 7) is 3.06. The van der Waals surface area contributed by atoms with Crippen LogP contribution in [-0.4, -0.2) is 23.2 Å². The third kappa shape index (κ3) is 4.83. The number of hydrogen-bond donors (Lipinski definition) is 1. The van der Waals surface area contributed by atoms with E-state index in [1.54, 1.807) is 12.1 Å². The predicted molar refractivity (Wildman–Crippen MR) is 107 cm³/mol. The Morgan fingerprint density at radius 2 is 1.89 bits per heavy atom. The topological polar surface area (TPSA) is 53.7 Å². The van der Waals surface area contributed by atoms with Gasteiger partial charge in [-0.1, -0.05) is 35.0 Å². The molecular weight excluding hydrogens is 413 g/mol. The summed E-state index contributed by atoms with van der Waals surface area (Å²) in [4.78, 5) is 13.9. The molecule has 0 atom stereocenters. The highest BCUT2D eigenvalue weighted by molar-refractivity contribution is 9.10. The van der Waals surface area contributed by atoms with E-state index in [2.05, 4.69) is 15.9 Å². The molecule has 0 fully saturated rings. The Morgan fingerprint density at radius 1 is 1.11 bits per heavy atom. The molecule has 0 bridgehead atoms. The first kappa shape index (κ1) is 19.7. The van der Waals surface area contributed by atoms with E-state index in [0.29, 0.717) is 30.8 Å². The monoisotopic (exact) mass is 433 g/mol. The summed E-state index contributed by atoms with van der Waals surface area (Å²) in [6.07, 6.45) is 0.850. The van der Waals surface area contributed by atoms with Crippen LogP contribution in [0.4, 0.5) is 4.39 Å². The Bertz CT molecular complexity index is 1000. The zero-order chi connectivity index (χ0) is 19.4. The van der Waals surface area contributed by atoms with Gasteiger partial charge in [0.2, 0.25) is 0 Å². The summed E-state index contributed by atoms with van der Waals surface area (Å²) < 4.78 is 20.3. The van der Waals surface area contributed by atoms with Crippen LogP contribution >= 0.6 is 15.9 Å². The van der Waals surface area contributed by atoms with Gasteiger partial charge < -0.3 is 9.52 Å². The van der Waals surface area contributed by atoms with Crippen molar-refractivity contribution in [3.8, 4) is 0 Å². The second kappa shape index (κ2) is 8.78. The minimum absolute atomic E-state index is 0.0605. The molecule has 4 nitrogen and oxygen atoms in total. The fraction of sp³-hybridized carbons (Fsp3) is 0.286. The van der Waals surface area contributed by atoms with E-state index in [1.165, 1.54) is 12.1 Å². The van der Waals surface area contributed by atoms with E-state index in [0.717, 1.165) is 27.4 Å². The van der Waals surface area contributed by atoms with Crippen LogP contribution in [0.3, 0.4) is 0 Å². The van der Waals surface area contributed by atoms with Gasteiger partial charge >= 0.3 is 5.63 Å². The predicted octanol–water partition coefficient (Wildman–Crippen LogP) is 4.25. The number of rotatable bonds is 7. The van der Waals surface area contributed by atoms with Crippen molar-refractivity contribution in [2.75, 3.05) is 13.2 Å². The maximum atomic E-state index is 14.1. The third-order valence-electron chi connectivity index (χ3n) is 4.51. The maximum Gasteiger partial charge on any atom is 0.336 e. The summed E-state index contributed by atoms with van der Waals surface area (Å²) in [7, 11) is 0. The van der Waals surface area contributed by atoms with Crippen LogP contribution in [-0.2, 0) is 19.5 Å². The second-order valence-electron chi connectivity index (χ2n) is 6.44. The van der Waals surface area contributed by atoms with Crippen molar-refractivity contribution in [2.45, 2.75) is 26.4 Å². The molecule has 1 heterocycles. The van der Waals surface area contributed by atoms with Crippen LogP contribution in [0.25, 0.3) is 11.0 Å². The molecule has 0 radical (unpaired) electrons. The summed E-state index contributed by atoms with van der Waals surface area (Å²) in [6, 6.07) is 12.1. The molecule has 0 aliphatic carbocycles. The summed E-state index contributed by atoms with van der Waals surface area (Å²) >= 11 is 3.36. The highest BCUT2D eigenvalue weighted by Crippen LogP contribution is 2.22. The summed E-state index contributed by atoms with van der Waals surface area (Å²) in [5.41, 5.74) is 2.55. The third-order valence-corrected chi connectivity index (χ3v) is 5.01. The van der Waals surface area contributed by atoms with Gasteiger partial charge in [-0.05, 0) is 41.8 Å². The van der Waals surface area contributed by atoms with Crippen molar-refractivity contribution >= 4 is 26.9 Å². The molecule has 0 saturated heterocycles. The highest BCUT2D eigenvalue weighted by Gasteiger charge is 2.14. The molecule has 27 heavy (non-hydrogen) atoms. The van der Waals surface area contributed by atoms with E-state index in [1.807, 2.05) is 30.0 Å². The van der Waals surface area contributed by atoms with Crippen molar-refractivity contribution < 1.29 is 13.9 Å². The van der Waals surface area contributed by atoms with E-state index in [9.17, 15) is 14.3 Å². The summed E-state index contributed by atoms with van der Waals surface area (Å²) in [5, 5.41) is 10.3. The normalized spacial score (nSPS) is 11.4. The van der Waals surface area contributed by atoms with Crippen LogP contribution in [0.2, 0.25) is 0 Å². The molecule has 0 amide bonds. The van der Waals surface area contributed by atoms with Gasteiger partial charge in [0.25, 0.3) is 0 Å². The maximum absolute atomic E-state index is 14.1. The van der Waals surface area contributed by atoms with Gasteiger partial charge in [0.05, 0.1) is 6.61 Å². The molecule has 0 spiro atoms. The van der Waals surface area contributed by atoms with Crippen molar-refractivity contribution in [2.24, 2.45) is 0 Å². The number of hydrogen-bond acceptors (Lipinski definition) is 4. The van der Waals surface area contributed by atoms with Crippen LogP contribution < -0.4 is 5.63 Å². The Morgan fingerprint density at radius 3 is 2.63 bits per heavy atom. The molecule has 2 aromatic carbocycles. The Kier molecular flexibility index (Phi) is 6.42. The smallest absolute Gasteiger partial charge is 0.336 e. The van der Waals surface area contributed by atoms with Gasteiger partial charge in [0.15, 0.2) is 0 Å². The molecule has 3 rings (SSSR count). The van der Waals surface area contributed by atoms with E-state index in [4.69, 9.17) is 4.42 Å². The second-order valence-corrected chi connectivity index (χ2v) is 7.36. The average molecular weight is 434 g/mol. The molecule has 0 aliphatic rings. The number of halogens is 2. The van der Waals surface area contributed by atoms with E-state index >= 15 is 0 Å². The Hall–Kier alpha value is -2.02. The van der Waals surface area contributed by atoms with Gasteiger partial charge in [-0.2, -0.15) is 0 Å². The van der Waals surface area contributed by atoms with Crippen LogP contribution in [0.5, 0.6) is 0 Å². The Balaban J connectivity index is 1.94. The van der Waals surface area contributed by atoms with Crippen molar-refractivity contribution in [1.29, 1.82) is 0 Å². The van der Waals surface area contributed by atoms with Crippen molar-refractivity contribution in [1.82, 2.24) is 4.90 Å². The van der Waals surface area contributed by atoms with Crippen molar-refractivity contribution in [3.63, 3.8) is 0 Å². The Labute approximate surface area is 165 Å². The van der Waals surface area contributed by atoms with Crippen LogP contribution in [0.1, 0.15) is 23.6 Å².